The highest BCUT2D eigenvalue weighted by molar-refractivity contribution is 6.01. The van der Waals surface area contributed by atoms with E-state index in [1.54, 1.807) is 0 Å². The molecule has 1 aliphatic rings. The molecule has 0 aromatic heterocycles. The average molecular weight is 282 g/mol. The molecule has 0 radical (unpaired) electrons. The maximum Gasteiger partial charge on any atom is 0.225 e. The molecule has 5 nitrogen and oxygen atoms in total. The first-order valence-corrected chi connectivity index (χ1v) is 6.22. The van der Waals surface area contributed by atoms with Gasteiger partial charge in [0.2, 0.25) is 5.96 Å². The molecule has 0 spiro atoms. The van der Waals surface area contributed by atoms with Gasteiger partial charge in [0.1, 0.15) is 0 Å². The number of nitrogens with zero attached hydrogens (tertiary/aromatic N) is 2. The summed E-state index contributed by atoms with van der Waals surface area (Å²) in [7, 11) is 0. The van der Waals surface area contributed by atoms with Gasteiger partial charge in [0.15, 0.2) is 5.96 Å². The number of fused-ring (bicyclic) bond motifs is 1. The maximum atomic E-state index is 5.37. The average Bonchev–Trinajstić information content (AvgIpc) is 2.75. The molecule has 104 valence electrons. The lowest BCUT2D eigenvalue weighted by Gasteiger charge is -2.08. The number of guanidine groups is 2. The summed E-state index contributed by atoms with van der Waals surface area (Å²) in [5.41, 5.74) is 14.6. The van der Waals surface area contributed by atoms with Gasteiger partial charge < -0.3 is 16.8 Å². The molecule has 0 heterocycles. The molecule has 1 aliphatic carbocycles. The summed E-state index contributed by atoms with van der Waals surface area (Å²) in [4.78, 5) is 8.18. The van der Waals surface area contributed by atoms with Crippen LogP contribution in [0, 0.1) is 0 Å². The second kappa shape index (κ2) is 6.99. The first-order valence-electron chi connectivity index (χ1n) is 6.22. The van der Waals surface area contributed by atoms with Crippen LogP contribution in [0.15, 0.2) is 28.2 Å². The van der Waals surface area contributed by atoms with Gasteiger partial charge in [0.05, 0.1) is 0 Å². The summed E-state index contributed by atoms with van der Waals surface area (Å²) in [5, 5.41) is 3.14. The van der Waals surface area contributed by atoms with E-state index in [0.29, 0.717) is 12.5 Å². The highest BCUT2D eigenvalue weighted by Crippen LogP contribution is 2.24. The molecule has 0 fully saturated rings. The Bertz CT molecular complexity index is 492. The molecule has 1 aromatic carbocycles. The minimum absolute atomic E-state index is 0. The van der Waals surface area contributed by atoms with E-state index in [9.17, 15) is 0 Å². The van der Waals surface area contributed by atoms with Crippen LogP contribution < -0.4 is 16.8 Å². The van der Waals surface area contributed by atoms with Gasteiger partial charge in [-0.05, 0) is 49.4 Å². The highest BCUT2D eigenvalue weighted by atomic mass is 35.5. The number of rotatable bonds is 2. The van der Waals surface area contributed by atoms with Crippen molar-refractivity contribution < 1.29 is 0 Å². The van der Waals surface area contributed by atoms with Crippen molar-refractivity contribution >= 4 is 30.0 Å². The fourth-order valence-electron chi connectivity index (χ4n) is 2.15. The third kappa shape index (κ3) is 4.13. The number of aryl methyl sites for hydroxylation is 2. The van der Waals surface area contributed by atoms with Crippen molar-refractivity contribution in [2.24, 2.45) is 21.5 Å². The Hall–Kier alpha value is -1.75. The van der Waals surface area contributed by atoms with Gasteiger partial charge in [-0.15, -0.1) is 12.4 Å². The Balaban J connectivity index is 0.00000180. The monoisotopic (exact) mass is 281 g/mol. The minimum atomic E-state index is 0. The molecule has 0 unspecified atom stereocenters. The van der Waals surface area contributed by atoms with E-state index in [2.05, 4.69) is 27.4 Å². The molecule has 0 atom stereocenters. The predicted octanol–water partition coefficient (Wildman–Crippen LogP) is 1.66. The molecular weight excluding hydrogens is 262 g/mol. The van der Waals surface area contributed by atoms with E-state index < -0.39 is 0 Å². The minimum Gasteiger partial charge on any atom is -0.370 e. The molecule has 0 aliphatic heterocycles. The topological polar surface area (TPSA) is 88.8 Å². The first kappa shape index (κ1) is 15.3. The number of nitrogens with two attached hydrogens (primary N) is 2. The summed E-state index contributed by atoms with van der Waals surface area (Å²) in [6.07, 6.45) is 3.56. The van der Waals surface area contributed by atoms with Crippen LogP contribution in [0.2, 0.25) is 0 Å². The van der Waals surface area contributed by atoms with Gasteiger partial charge in [0.25, 0.3) is 0 Å². The largest absolute Gasteiger partial charge is 0.370 e. The van der Waals surface area contributed by atoms with Crippen LogP contribution in [0.25, 0.3) is 0 Å². The van der Waals surface area contributed by atoms with Gasteiger partial charge >= 0.3 is 0 Å². The van der Waals surface area contributed by atoms with Crippen LogP contribution in [0.3, 0.4) is 0 Å². The van der Waals surface area contributed by atoms with E-state index in [4.69, 9.17) is 11.5 Å². The summed E-state index contributed by atoms with van der Waals surface area (Å²) in [6, 6.07) is 6.34. The Morgan fingerprint density at radius 1 is 1.26 bits per heavy atom. The van der Waals surface area contributed by atoms with E-state index in [1.807, 2.05) is 13.0 Å². The SMILES string of the molecule is CCN=C(N=C(N)N)Nc1ccc2c(c1)CCC2.Cl. The van der Waals surface area contributed by atoms with Crippen LogP contribution in [-0.2, 0) is 12.8 Å². The number of benzene rings is 1. The molecular formula is C13H20ClN5. The van der Waals surface area contributed by atoms with Crippen molar-refractivity contribution in [1.82, 2.24) is 0 Å². The molecule has 19 heavy (non-hydrogen) atoms. The van der Waals surface area contributed by atoms with Crippen molar-refractivity contribution in [3.8, 4) is 0 Å². The van der Waals surface area contributed by atoms with E-state index in [-0.39, 0.29) is 18.4 Å². The van der Waals surface area contributed by atoms with Gasteiger partial charge in [-0.2, -0.15) is 4.99 Å². The quantitative estimate of drug-likeness (QED) is 0.569. The Morgan fingerprint density at radius 2 is 2.00 bits per heavy atom. The summed E-state index contributed by atoms with van der Waals surface area (Å²) < 4.78 is 0. The van der Waals surface area contributed by atoms with Gasteiger partial charge in [0, 0.05) is 12.2 Å². The second-order valence-electron chi connectivity index (χ2n) is 4.30. The fourth-order valence-corrected chi connectivity index (χ4v) is 2.15. The summed E-state index contributed by atoms with van der Waals surface area (Å²) in [5.74, 6) is 0.464. The second-order valence-corrected chi connectivity index (χ2v) is 4.30. The lowest BCUT2D eigenvalue weighted by molar-refractivity contribution is 0.912. The zero-order valence-electron chi connectivity index (χ0n) is 11.0. The van der Waals surface area contributed by atoms with Crippen molar-refractivity contribution in [2.45, 2.75) is 26.2 Å². The maximum absolute atomic E-state index is 5.37. The third-order valence-corrected chi connectivity index (χ3v) is 2.90. The van der Waals surface area contributed by atoms with Gasteiger partial charge in [-0.25, -0.2) is 0 Å². The zero-order chi connectivity index (χ0) is 13.0. The molecule has 1 aromatic rings. The van der Waals surface area contributed by atoms with Crippen molar-refractivity contribution in [2.75, 3.05) is 11.9 Å². The standard InChI is InChI=1S/C13H19N5.ClH/c1-2-16-13(18-12(14)15)17-11-7-6-9-4-3-5-10(9)8-11;/h6-8H,2-5H2,1H3,(H5,14,15,16,17,18);1H. The van der Waals surface area contributed by atoms with Gasteiger partial charge in [-0.3, -0.25) is 4.99 Å². The van der Waals surface area contributed by atoms with Crippen LogP contribution in [0.4, 0.5) is 5.69 Å². The lowest BCUT2D eigenvalue weighted by Crippen LogP contribution is -2.26. The van der Waals surface area contributed by atoms with Crippen molar-refractivity contribution in [3.05, 3.63) is 29.3 Å². The lowest BCUT2D eigenvalue weighted by atomic mass is 10.1. The Kier molecular flexibility index (Phi) is 5.63. The fraction of sp³-hybridized carbons (Fsp3) is 0.385. The third-order valence-electron chi connectivity index (χ3n) is 2.90. The number of hydrogen-bond donors (Lipinski definition) is 3. The zero-order valence-corrected chi connectivity index (χ0v) is 11.8. The number of anilines is 1. The smallest absolute Gasteiger partial charge is 0.225 e. The summed E-state index contributed by atoms with van der Waals surface area (Å²) >= 11 is 0. The highest BCUT2D eigenvalue weighted by Gasteiger charge is 2.11. The number of hydrogen-bond acceptors (Lipinski definition) is 1. The normalized spacial score (nSPS) is 13.4. The first-order chi connectivity index (χ1) is 8.69. The molecule has 6 heteroatoms. The number of halogens is 1. The predicted molar refractivity (Wildman–Crippen MR) is 83.1 cm³/mol. The molecule has 2 rings (SSSR count). The van der Waals surface area contributed by atoms with Crippen molar-refractivity contribution in [3.63, 3.8) is 0 Å². The van der Waals surface area contributed by atoms with Crippen LogP contribution >= 0.6 is 12.4 Å². The van der Waals surface area contributed by atoms with Crippen LogP contribution in [0.5, 0.6) is 0 Å². The molecule has 0 saturated heterocycles. The number of aliphatic imine (C=N–C) groups is 2. The van der Waals surface area contributed by atoms with E-state index in [1.165, 1.54) is 24.0 Å². The molecule has 5 N–H and O–H groups in total. The number of nitrogens with one attached hydrogen (secondary N) is 1. The summed E-state index contributed by atoms with van der Waals surface area (Å²) in [6.45, 7) is 2.57. The Morgan fingerprint density at radius 3 is 2.68 bits per heavy atom. The molecule has 0 bridgehead atoms. The van der Waals surface area contributed by atoms with Crippen LogP contribution in [-0.4, -0.2) is 18.5 Å². The van der Waals surface area contributed by atoms with Crippen LogP contribution in [0.1, 0.15) is 24.5 Å². The molecule has 0 amide bonds. The van der Waals surface area contributed by atoms with E-state index in [0.717, 1.165) is 12.1 Å². The molecule has 0 saturated carbocycles. The Labute approximate surface area is 119 Å². The van der Waals surface area contributed by atoms with Gasteiger partial charge in [-0.1, -0.05) is 6.07 Å². The van der Waals surface area contributed by atoms with E-state index >= 15 is 0 Å². The van der Waals surface area contributed by atoms with Crippen molar-refractivity contribution in [1.29, 1.82) is 0 Å².